The summed E-state index contributed by atoms with van der Waals surface area (Å²) in [7, 11) is 0. The van der Waals surface area contributed by atoms with E-state index in [1.807, 2.05) is 13.8 Å². The third kappa shape index (κ3) is 10.1. The maximum atomic E-state index is 13.4. The number of aromatic nitrogens is 10. The monoisotopic (exact) mass is 832 g/mol. The molecular formula is C44H34F2N12O4. The van der Waals surface area contributed by atoms with Crippen molar-refractivity contribution >= 4 is 0 Å². The number of para-hydroxylation sites is 1. The Morgan fingerprint density at radius 3 is 1.65 bits per heavy atom. The average Bonchev–Trinajstić information content (AvgIpc) is 3.93. The van der Waals surface area contributed by atoms with E-state index in [0.717, 1.165) is 0 Å². The molecule has 4 aromatic carbocycles. The van der Waals surface area contributed by atoms with E-state index >= 15 is 0 Å². The molecule has 4 heterocycles. The Labute approximate surface area is 353 Å². The van der Waals surface area contributed by atoms with Gasteiger partial charge in [0.25, 0.3) is 0 Å². The molecule has 0 aliphatic carbocycles. The highest BCUT2D eigenvalue weighted by Crippen LogP contribution is 2.33. The zero-order valence-corrected chi connectivity index (χ0v) is 33.1. The van der Waals surface area contributed by atoms with Gasteiger partial charge in [-0.25, -0.2) is 28.1 Å². The van der Waals surface area contributed by atoms with Crippen LogP contribution < -0.4 is 9.47 Å². The Kier molecular flexibility index (Phi) is 13.6. The lowest BCUT2D eigenvalue weighted by atomic mass is 10.1. The van der Waals surface area contributed by atoms with E-state index in [1.165, 1.54) is 24.3 Å². The Hall–Kier alpha value is -8.32. The Balaban J connectivity index is 0.000000186. The van der Waals surface area contributed by atoms with Crippen LogP contribution in [0, 0.1) is 34.3 Å². The van der Waals surface area contributed by atoms with E-state index < -0.39 is 0 Å². The van der Waals surface area contributed by atoms with Gasteiger partial charge in [-0.1, -0.05) is 28.6 Å². The highest BCUT2D eigenvalue weighted by Gasteiger charge is 2.21. The minimum Gasteiger partial charge on any atom is -0.424 e. The van der Waals surface area contributed by atoms with Gasteiger partial charge in [-0.15, -0.1) is 10.2 Å². The molecular weight excluding hydrogens is 799 g/mol. The number of hydrogen-bond acceptors (Lipinski definition) is 14. The molecule has 0 fully saturated rings. The fraction of sp³-hybridized carbons (Fsp3) is 0.136. The topological polar surface area (TPSA) is 197 Å². The molecule has 18 heteroatoms. The summed E-state index contributed by atoms with van der Waals surface area (Å²) in [6.07, 6.45) is 3.09. The fourth-order valence-corrected chi connectivity index (χ4v) is 5.80. The SMILES string of the molecule is CCOCn1nnc(-c2ccc(F)cc2)c1-c1ccnc(Oc2cccc(C#N)c2)n1.CCOCn1nnc(-c2ccc(F)cc2)c1-c1ccnc(Oc2ccccc2C#N)n1. The van der Waals surface area contributed by atoms with Crippen LogP contribution in [0.4, 0.5) is 8.78 Å². The molecule has 4 aromatic heterocycles. The van der Waals surface area contributed by atoms with Crippen LogP contribution in [-0.2, 0) is 22.9 Å². The van der Waals surface area contributed by atoms with E-state index in [-0.39, 0.29) is 37.1 Å². The normalized spacial score (nSPS) is 10.6. The van der Waals surface area contributed by atoms with Crippen molar-refractivity contribution in [1.82, 2.24) is 49.9 Å². The number of nitriles is 2. The van der Waals surface area contributed by atoms with Gasteiger partial charge in [-0.3, -0.25) is 0 Å². The van der Waals surface area contributed by atoms with E-state index in [4.69, 9.17) is 24.2 Å². The quantitative estimate of drug-likeness (QED) is 0.101. The van der Waals surface area contributed by atoms with Crippen LogP contribution in [0.25, 0.3) is 45.3 Å². The highest BCUT2D eigenvalue weighted by molar-refractivity contribution is 5.77. The lowest BCUT2D eigenvalue weighted by molar-refractivity contribution is 0.0789. The third-order valence-corrected chi connectivity index (χ3v) is 8.67. The van der Waals surface area contributed by atoms with Gasteiger partial charge < -0.3 is 18.9 Å². The molecule has 0 bridgehead atoms. The predicted molar refractivity (Wildman–Crippen MR) is 219 cm³/mol. The zero-order valence-electron chi connectivity index (χ0n) is 33.1. The molecule has 0 unspecified atom stereocenters. The van der Waals surface area contributed by atoms with E-state index in [2.05, 4.69) is 52.7 Å². The first-order chi connectivity index (χ1) is 30.4. The fourth-order valence-electron chi connectivity index (χ4n) is 5.80. The van der Waals surface area contributed by atoms with Gasteiger partial charge in [-0.2, -0.15) is 20.5 Å². The summed E-state index contributed by atoms with van der Waals surface area (Å²) in [4.78, 5) is 17.3. The van der Waals surface area contributed by atoms with Crippen molar-refractivity contribution in [2.45, 2.75) is 27.3 Å². The summed E-state index contributed by atoms with van der Waals surface area (Å²) in [5.74, 6) is 0.1000. The van der Waals surface area contributed by atoms with Crippen LogP contribution in [0.2, 0.25) is 0 Å². The van der Waals surface area contributed by atoms with Gasteiger partial charge >= 0.3 is 12.0 Å². The lowest BCUT2D eigenvalue weighted by Gasteiger charge is -2.10. The van der Waals surface area contributed by atoms with E-state index in [1.54, 1.807) is 107 Å². The van der Waals surface area contributed by atoms with Gasteiger partial charge in [-0.05, 0) is 105 Å². The first kappa shape index (κ1) is 41.8. The maximum Gasteiger partial charge on any atom is 0.322 e. The van der Waals surface area contributed by atoms with Crippen molar-refractivity contribution in [3.8, 4) is 80.9 Å². The van der Waals surface area contributed by atoms with Gasteiger partial charge in [0, 0.05) is 36.7 Å². The molecule has 62 heavy (non-hydrogen) atoms. The van der Waals surface area contributed by atoms with E-state index in [9.17, 15) is 14.0 Å². The number of rotatable bonds is 14. The smallest absolute Gasteiger partial charge is 0.322 e. The molecule has 16 nitrogen and oxygen atoms in total. The lowest BCUT2D eigenvalue weighted by Crippen LogP contribution is -2.07. The highest BCUT2D eigenvalue weighted by atomic mass is 19.1. The predicted octanol–water partition coefficient (Wildman–Crippen LogP) is 8.40. The minimum atomic E-state index is -0.346. The van der Waals surface area contributed by atoms with Crippen molar-refractivity contribution in [2.24, 2.45) is 0 Å². The molecule has 0 aliphatic rings. The summed E-state index contributed by atoms with van der Waals surface area (Å²) < 4.78 is 52.4. The summed E-state index contributed by atoms with van der Waals surface area (Å²) in [5, 5.41) is 35.2. The van der Waals surface area contributed by atoms with Crippen molar-refractivity contribution in [3.05, 3.63) is 144 Å². The summed E-state index contributed by atoms with van der Waals surface area (Å²) >= 11 is 0. The first-order valence-corrected chi connectivity index (χ1v) is 18.9. The Morgan fingerprint density at radius 1 is 0.597 bits per heavy atom. The molecule has 0 radical (unpaired) electrons. The molecule has 0 saturated heterocycles. The summed E-state index contributed by atoms with van der Waals surface area (Å²) in [6, 6.07) is 33.1. The third-order valence-electron chi connectivity index (χ3n) is 8.67. The second-order valence-corrected chi connectivity index (χ2v) is 12.7. The number of ether oxygens (including phenoxy) is 4. The van der Waals surface area contributed by atoms with Crippen molar-refractivity contribution in [3.63, 3.8) is 0 Å². The molecule has 8 rings (SSSR count). The second-order valence-electron chi connectivity index (χ2n) is 12.7. The number of halogens is 2. The van der Waals surface area contributed by atoms with Crippen LogP contribution in [0.3, 0.4) is 0 Å². The van der Waals surface area contributed by atoms with Crippen LogP contribution in [0.1, 0.15) is 25.0 Å². The molecule has 308 valence electrons. The van der Waals surface area contributed by atoms with Crippen LogP contribution in [0.15, 0.2) is 122 Å². The van der Waals surface area contributed by atoms with Crippen molar-refractivity contribution < 1.29 is 27.7 Å². The Morgan fingerprint density at radius 2 is 1.13 bits per heavy atom. The first-order valence-electron chi connectivity index (χ1n) is 18.9. The molecule has 0 N–H and O–H groups in total. The van der Waals surface area contributed by atoms with Gasteiger partial charge in [0.1, 0.15) is 65.4 Å². The zero-order chi connectivity index (χ0) is 43.3. The van der Waals surface area contributed by atoms with Crippen LogP contribution in [-0.4, -0.2) is 63.1 Å². The summed E-state index contributed by atoms with van der Waals surface area (Å²) in [5.41, 5.74) is 5.38. The molecule has 0 amide bonds. The minimum absolute atomic E-state index is 0.0643. The number of benzene rings is 4. The molecule has 8 aromatic rings. The average molecular weight is 833 g/mol. The van der Waals surface area contributed by atoms with E-state index in [0.29, 0.717) is 81.1 Å². The largest absolute Gasteiger partial charge is 0.424 e. The van der Waals surface area contributed by atoms with Gasteiger partial charge in [0.05, 0.1) is 28.6 Å². The van der Waals surface area contributed by atoms with Crippen LogP contribution in [0.5, 0.6) is 23.5 Å². The van der Waals surface area contributed by atoms with Crippen molar-refractivity contribution in [1.29, 1.82) is 10.5 Å². The van der Waals surface area contributed by atoms with Gasteiger partial charge in [0.15, 0.2) is 0 Å². The van der Waals surface area contributed by atoms with Crippen LogP contribution >= 0.6 is 0 Å². The number of hydrogen-bond donors (Lipinski definition) is 0. The maximum absolute atomic E-state index is 13.4. The molecule has 0 saturated carbocycles. The summed E-state index contributed by atoms with van der Waals surface area (Å²) in [6.45, 7) is 5.08. The second kappa shape index (κ2) is 20.1. The standard InChI is InChI=1S/2C22H17FN6O2/c1-2-30-14-29-21(20(27-28-29)16-6-8-17(23)9-7-16)19-10-11-25-22(26-19)31-18-5-3-4-15(12-18)13-24;1-2-30-14-29-21(20(27-28-29)15-7-9-17(23)10-8-15)18-11-12-25-22(26-18)31-19-6-4-3-5-16(19)13-24/h2*3-12H,2,14H2,1H3. The molecule has 0 aliphatic heterocycles. The number of nitrogens with zero attached hydrogens (tertiary/aromatic N) is 12. The molecule has 0 atom stereocenters. The Bertz CT molecular complexity index is 2860. The molecule has 0 spiro atoms. The van der Waals surface area contributed by atoms with Gasteiger partial charge in [0.2, 0.25) is 0 Å². The van der Waals surface area contributed by atoms with Crippen molar-refractivity contribution in [2.75, 3.05) is 13.2 Å².